The summed E-state index contributed by atoms with van der Waals surface area (Å²) in [5.41, 5.74) is 0. The van der Waals surface area contributed by atoms with Gasteiger partial charge in [0.2, 0.25) is 6.41 Å². The van der Waals surface area contributed by atoms with E-state index in [2.05, 4.69) is 6.58 Å². The van der Waals surface area contributed by atoms with Crippen molar-refractivity contribution in [2.24, 2.45) is 0 Å². The molecular formula is C7H11NO. The first-order valence-electron chi connectivity index (χ1n) is 2.80. The fourth-order valence-corrected chi connectivity index (χ4v) is 0.480. The number of hydrogen-bond donors (Lipinski definition) is 0. The van der Waals surface area contributed by atoms with Crippen LogP contribution in [0.15, 0.2) is 24.9 Å². The first-order valence-corrected chi connectivity index (χ1v) is 2.80. The highest BCUT2D eigenvalue weighted by Gasteiger charge is 1.87. The van der Waals surface area contributed by atoms with E-state index in [1.807, 2.05) is 6.92 Å². The minimum atomic E-state index is 0.577. The molecule has 0 N–H and O–H groups in total. The number of amides is 1. The van der Waals surface area contributed by atoms with Crippen molar-refractivity contribution in [3.63, 3.8) is 0 Å². The molecule has 9 heavy (non-hydrogen) atoms. The molecule has 50 valence electrons. The topological polar surface area (TPSA) is 20.3 Å². The third kappa shape index (κ3) is 3.53. The van der Waals surface area contributed by atoms with E-state index in [4.69, 9.17) is 0 Å². The highest BCUT2D eigenvalue weighted by Crippen LogP contribution is 1.83. The van der Waals surface area contributed by atoms with Gasteiger partial charge in [-0.3, -0.25) is 4.79 Å². The van der Waals surface area contributed by atoms with E-state index < -0.39 is 0 Å². The smallest absolute Gasteiger partial charge is 0.213 e. The second-order valence-corrected chi connectivity index (χ2v) is 1.57. The van der Waals surface area contributed by atoms with Gasteiger partial charge in [0.1, 0.15) is 0 Å². The molecule has 0 unspecified atom stereocenters. The van der Waals surface area contributed by atoms with E-state index in [-0.39, 0.29) is 0 Å². The summed E-state index contributed by atoms with van der Waals surface area (Å²) in [6, 6.07) is 0. The summed E-state index contributed by atoms with van der Waals surface area (Å²) >= 11 is 0. The molecule has 2 heteroatoms. The zero-order valence-corrected chi connectivity index (χ0v) is 5.58. The fraction of sp³-hybridized carbons (Fsp3) is 0.286. The summed E-state index contributed by atoms with van der Waals surface area (Å²) in [6.07, 6.45) is 5.95. The van der Waals surface area contributed by atoms with Crippen LogP contribution in [0.4, 0.5) is 0 Å². The maximum Gasteiger partial charge on any atom is 0.213 e. The molecule has 1 amide bonds. The number of allylic oxidation sites excluding steroid dienone is 1. The second-order valence-electron chi connectivity index (χ2n) is 1.57. The average Bonchev–Trinajstić information content (AvgIpc) is 1.88. The Kier molecular flexibility index (Phi) is 4.50. The molecule has 0 fully saturated rings. The summed E-state index contributed by atoms with van der Waals surface area (Å²) in [6.45, 7) is 5.93. The van der Waals surface area contributed by atoms with Crippen LogP contribution in [0.1, 0.15) is 6.92 Å². The maximum absolute atomic E-state index is 10.1. The van der Waals surface area contributed by atoms with Crippen molar-refractivity contribution in [2.75, 3.05) is 6.54 Å². The van der Waals surface area contributed by atoms with Crippen molar-refractivity contribution in [1.82, 2.24) is 4.90 Å². The van der Waals surface area contributed by atoms with E-state index in [0.29, 0.717) is 6.54 Å². The molecule has 0 aromatic carbocycles. The number of nitrogens with zero attached hydrogens (tertiary/aromatic N) is 1. The van der Waals surface area contributed by atoms with Gasteiger partial charge in [-0.25, -0.2) is 0 Å². The van der Waals surface area contributed by atoms with E-state index >= 15 is 0 Å². The molecule has 0 bridgehead atoms. The molecule has 0 aliphatic carbocycles. The van der Waals surface area contributed by atoms with Crippen LogP contribution in [0, 0.1) is 0 Å². The van der Waals surface area contributed by atoms with Crippen molar-refractivity contribution >= 4 is 6.41 Å². The van der Waals surface area contributed by atoms with Gasteiger partial charge in [-0.05, 0) is 6.92 Å². The van der Waals surface area contributed by atoms with Crippen LogP contribution < -0.4 is 0 Å². The Morgan fingerprint density at radius 2 is 2.33 bits per heavy atom. The molecule has 0 radical (unpaired) electrons. The van der Waals surface area contributed by atoms with Crippen LogP contribution in [0.5, 0.6) is 0 Å². The molecule has 2 nitrogen and oxygen atoms in total. The van der Waals surface area contributed by atoms with Gasteiger partial charge < -0.3 is 4.90 Å². The predicted molar refractivity (Wildman–Crippen MR) is 37.8 cm³/mol. The van der Waals surface area contributed by atoms with Gasteiger partial charge in [0.25, 0.3) is 0 Å². The SMILES string of the molecule is C=CCN(C=O)C=CC. The van der Waals surface area contributed by atoms with Crippen LogP contribution in [0.2, 0.25) is 0 Å². The second kappa shape index (κ2) is 5.09. The lowest BCUT2D eigenvalue weighted by Gasteiger charge is -2.06. The molecule has 0 atom stereocenters. The lowest BCUT2D eigenvalue weighted by atomic mass is 10.5. The summed E-state index contributed by atoms with van der Waals surface area (Å²) < 4.78 is 0. The Morgan fingerprint density at radius 1 is 1.67 bits per heavy atom. The van der Waals surface area contributed by atoms with Gasteiger partial charge in [-0.15, -0.1) is 6.58 Å². The Bertz CT molecular complexity index is 118. The third-order valence-electron chi connectivity index (χ3n) is 0.816. The molecule has 0 aromatic rings. The summed E-state index contributed by atoms with van der Waals surface area (Å²) in [5.74, 6) is 0. The van der Waals surface area contributed by atoms with Crippen molar-refractivity contribution in [3.05, 3.63) is 24.9 Å². The van der Waals surface area contributed by atoms with E-state index in [1.165, 1.54) is 4.90 Å². The molecule has 0 aromatic heterocycles. The zero-order chi connectivity index (χ0) is 7.11. The minimum Gasteiger partial charge on any atom is -0.318 e. The first-order chi connectivity index (χ1) is 4.35. The molecule has 0 saturated heterocycles. The van der Waals surface area contributed by atoms with E-state index in [0.717, 1.165) is 6.41 Å². The lowest BCUT2D eigenvalue weighted by Crippen LogP contribution is -2.13. The lowest BCUT2D eigenvalue weighted by molar-refractivity contribution is -0.115. The average molecular weight is 125 g/mol. The van der Waals surface area contributed by atoms with Crippen molar-refractivity contribution in [3.8, 4) is 0 Å². The van der Waals surface area contributed by atoms with Gasteiger partial charge in [0, 0.05) is 12.7 Å². The van der Waals surface area contributed by atoms with Gasteiger partial charge in [-0.2, -0.15) is 0 Å². The van der Waals surface area contributed by atoms with Crippen LogP contribution in [-0.4, -0.2) is 17.9 Å². The predicted octanol–water partition coefficient (Wildman–Crippen LogP) is 1.16. The van der Waals surface area contributed by atoms with Crippen LogP contribution in [-0.2, 0) is 4.79 Å². The van der Waals surface area contributed by atoms with Crippen LogP contribution in [0.3, 0.4) is 0 Å². The molecule has 0 spiro atoms. The molecule has 0 heterocycles. The molecular weight excluding hydrogens is 114 g/mol. The summed E-state index contributed by atoms with van der Waals surface area (Å²) in [7, 11) is 0. The number of rotatable bonds is 4. The standard InChI is InChI=1S/C7H11NO/c1-3-5-8(7-9)6-4-2/h3-4,6-7H,1,5H2,2H3. The minimum absolute atomic E-state index is 0.577. The highest BCUT2D eigenvalue weighted by atomic mass is 16.1. The first kappa shape index (κ1) is 7.95. The number of carbonyl (C=O) groups excluding carboxylic acids is 1. The monoisotopic (exact) mass is 125 g/mol. The van der Waals surface area contributed by atoms with E-state index in [9.17, 15) is 4.79 Å². The van der Waals surface area contributed by atoms with Gasteiger partial charge >= 0.3 is 0 Å². The zero-order valence-electron chi connectivity index (χ0n) is 5.58. The van der Waals surface area contributed by atoms with Crippen LogP contribution in [0.25, 0.3) is 0 Å². The van der Waals surface area contributed by atoms with Crippen molar-refractivity contribution < 1.29 is 4.79 Å². The largest absolute Gasteiger partial charge is 0.318 e. The van der Waals surface area contributed by atoms with Gasteiger partial charge in [0.05, 0.1) is 0 Å². The normalized spacial score (nSPS) is 9.44. The molecule has 0 aliphatic rings. The number of carbonyl (C=O) groups is 1. The van der Waals surface area contributed by atoms with Gasteiger partial charge in [0.15, 0.2) is 0 Å². The summed E-state index contributed by atoms with van der Waals surface area (Å²) in [4.78, 5) is 11.6. The third-order valence-corrected chi connectivity index (χ3v) is 0.816. The Hall–Kier alpha value is -1.05. The van der Waals surface area contributed by atoms with Crippen molar-refractivity contribution in [1.29, 1.82) is 0 Å². The number of hydrogen-bond acceptors (Lipinski definition) is 1. The fourth-order valence-electron chi connectivity index (χ4n) is 0.480. The Labute approximate surface area is 55.5 Å². The molecule has 0 saturated carbocycles. The quantitative estimate of drug-likeness (QED) is 0.408. The van der Waals surface area contributed by atoms with Gasteiger partial charge in [-0.1, -0.05) is 12.2 Å². The maximum atomic E-state index is 10.1. The molecule has 0 rings (SSSR count). The summed E-state index contributed by atoms with van der Waals surface area (Å²) in [5, 5.41) is 0. The Morgan fingerprint density at radius 3 is 2.67 bits per heavy atom. The van der Waals surface area contributed by atoms with E-state index in [1.54, 1.807) is 18.4 Å². The Balaban J connectivity index is 3.66. The van der Waals surface area contributed by atoms with Crippen LogP contribution >= 0.6 is 0 Å². The van der Waals surface area contributed by atoms with Crippen molar-refractivity contribution in [2.45, 2.75) is 6.92 Å². The molecule has 0 aliphatic heterocycles. The highest BCUT2D eigenvalue weighted by molar-refractivity contribution is 5.49.